The fourth-order valence-corrected chi connectivity index (χ4v) is 8.10. The molecule has 0 saturated carbocycles. The van der Waals surface area contributed by atoms with Crippen molar-refractivity contribution in [3.05, 3.63) is 23.3 Å². The summed E-state index contributed by atoms with van der Waals surface area (Å²) in [7, 11) is -0.138. The van der Waals surface area contributed by atoms with Gasteiger partial charge in [0.25, 0.3) is 0 Å². The Bertz CT molecular complexity index is 1050. The Hall–Kier alpha value is -1.72. The van der Waals surface area contributed by atoms with Gasteiger partial charge >= 0.3 is 0 Å². The van der Waals surface area contributed by atoms with Gasteiger partial charge < -0.3 is 24.0 Å². The number of rotatable bonds is 7. The number of aryl methyl sites for hydroxylation is 2. The van der Waals surface area contributed by atoms with Gasteiger partial charge in [-0.1, -0.05) is 0 Å². The third-order valence-corrected chi connectivity index (χ3v) is 9.97. The molecule has 4 rings (SSSR count). The van der Waals surface area contributed by atoms with E-state index in [9.17, 15) is 13.2 Å². The van der Waals surface area contributed by atoms with E-state index >= 15 is 0 Å². The van der Waals surface area contributed by atoms with E-state index in [1.165, 1.54) is 4.31 Å². The highest BCUT2D eigenvalue weighted by Crippen LogP contribution is 2.39. The molecule has 0 N–H and O–H groups in total. The number of carbonyl (C=O) groups excluding carboxylic acids is 1. The number of sulfonamides is 1. The van der Waals surface area contributed by atoms with E-state index in [0.29, 0.717) is 22.3 Å². The molecule has 3 saturated heterocycles. The van der Waals surface area contributed by atoms with Gasteiger partial charge in [0.2, 0.25) is 15.9 Å². The lowest BCUT2D eigenvalue weighted by atomic mass is 9.72. The summed E-state index contributed by atoms with van der Waals surface area (Å²) in [5.74, 6) is 0.587. The van der Waals surface area contributed by atoms with Crippen LogP contribution in [0.4, 0.5) is 0 Å². The molecule has 1 spiro atoms. The molecule has 1 aromatic rings. The first-order chi connectivity index (χ1) is 16.9. The van der Waals surface area contributed by atoms with Crippen molar-refractivity contribution in [1.82, 2.24) is 14.1 Å². The molecule has 9 nitrogen and oxygen atoms in total. The van der Waals surface area contributed by atoms with Crippen molar-refractivity contribution in [2.45, 2.75) is 57.1 Å². The summed E-state index contributed by atoms with van der Waals surface area (Å²) in [5.41, 5.74) is 1.01. The van der Waals surface area contributed by atoms with E-state index < -0.39 is 21.7 Å². The molecular formula is C26H41N3O6S. The number of nitrogens with zero attached hydrogens (tertiary/aromatic N) is 3. The number of carbonyl (C=O) groups is 1. The second-order valence-corrected chi connectivity index (χ2v) is 13.3. The second kappa shape index (κ2) is 10.2. The Morgan fingerprint density at radius 1 is 1.11 bits per heavy atom. The van der Waals surface area contributed by atoms with E-state index in [1.807, 2.05) is 18.7 Å². The van der Waals surface area contributed by atoms with Crippen LogP contribution < -0.4 is 4.74 Å². The summed E-state index contributed by atoms with van der Waals surface area (Å²) in [5, 5.41) is 0. The zero-order valence-corrected chi connectivity index (χ0v) is 23.3. The van der Waals surface area contributed by atoms with Crippen molar-refractivity contribution in [2.75, 3.05) is 66.7 Å². The van der Waals surface area contributed by atoms with Gasteiger partial charge in [0.15, 0.2) is 0 Å². The Morgan fingerprint density at radius 2 is 1.72 bits per heavy atom. The highest BCUT2D eigenvalue weighted by Gasteiger charge is 2.44. The van der Waals surface area contributed by atoms with E-state index in [-0.39, 0.29) is 37.2 Å². The van der Waals surface area contributed by atoms with Crippen molar-refractivity contribution in [1.29, 1.82) is 0 Å². The van der Waals surface area contributed by atoms with Crippen LogP contribution in [0.15, 0.2) is 17.0 Å². The fraction of sp³-hybridized carbons (Fsp3) is 0.731. The zero-order chi connectivity index (χ0) is 26.3. The number of methoxy groups -OCH3 is 1. The predicted molar refractivity (Wildman–Crippen MR) is 137 cm³/mol. The van der Waals surface area contributed by atoms with Gasteiger partial charge in [-0.15, -0.1) is 0 Å². The molecule has 10 heteroatoms. The topological polar surface area (TPSA) is 88.6 Å². The highest BCUT2D eigenvalue weighted by atomic mass is 32.2. The van der Waals surface area contributed by atoms with Crippen LogP contribution in [-0.2, 0) is 24.3 Å². The lowest BCUT2D eigenvalue weighted by Gasteiger charge is -2.52. The van der Waals surface area contributed by atoms with Gasteiger partial charge in [0.05, 0.1) is 36.9 Å². The van der Waals surface area contributed by atoms with Crippen LogP contribution in [-0.4, -0.2) is 107 Å². The Morgan fingerprint density at radius 3 is 2.28 bits per heavy atom. The highest BCUT2D eigenvalue weighted by molar-refractivity contribution is 7.89. The van der Waals surface area contributed by atoms with E-state index in [0.717, 1.165) is 39.0 Å². The van der Waals surface area contributed by atoms with Gasteiger partial charge in [-0.3, -0.25) is 4.79 Å². The van der Waals surface area contributed by atoms with E-state index in [4.69, 9.17) is 14.2 Å². The van der Waals surface area contributed by atoms with Crippen molar-refractivity contribution in [2.24, 2.45) is 5.41 Å². The molecule has 3 fully saturated rings. The largest absolute Gasteiger partial charge is 0.497 e. The number of hydrogen-bond acceptors (Lipinski definition) is 7. The van der Waals surface area contributed by atoms with Gasteiger partial charge in [0.1, 0.15) is 12.4 Å². The van der Waals surface area contributed by atoms with E-state index in [2.05, 4.69) is 11.9 Å². The fourth-order valence-electron chi connectivity index (χ4n) is 5.94. The average Bonchev–Trinajstić information content (AvgIpc) is 2.78. The number of ether oxygens (including phenoxy) is 3. The molecule has 3 heterocycles. The van der Waals surface area contributed by atoms with Gasteiger partial charge in [0, 0.05) is 32.7 Å². The Labute approximate surface area is 215 Å². The number of hydrogen-bond donors (Lipinski definition) is 0. The summed E-state index contributed by atoms with van der Waals surface area (Å²) < 4.78 is 46.3. The van der Waals surface area contributed by atoms with Gasteiger partial charge in [-0.25, -0.2) is 8.42 Å². The van der Waals surface area contributed by atoms with Crippen LogP contribution in [0.5, 0.6) is 5.75 Å². The molecule has 1 aromatic carbocycles. The molecule has 0 unspecified atom stereocenters. The van der Waals surface area contributed by atoms with Crippen LogP contribution >= 0.6 is 0 Å². The summed E-state index contributed by atoms with van der Waals surface area (Å²) in [4.78, 5) is 17.3. The van der Waals surface area contributed by atoms with Crippen molar-refractivity contribution < 1.29 is 27.4 Å². The second-order valence-electron chi connectivity index (χ2n) is 11.4. The maximum absolute atomic E-state index is 13.9. The quantitative estimate of drug-likeness (QED) is 0.541. The minimum Gasteiger partial charge on any atom is -0.497 e. The summed E-state index contributed by atoms with van der Waals surface area (Å²) in [6.07, 6.45) is 2.06. The molecule has 3 aliphatic rings. The SMILES string of the molecule is COc1cc(C)c(S(=O)(=O)N2CC(C)(C)OC[C@H]2COCC(=O)N2CCC3(CC2)CN(C)C3)c(C)c1. The molecule has 0 radical (unpaired) electrons. The number of amides is 1. The number of likely N-dealkylation sites (tertiary alicyclic amines) is 2. The van der Waals surface area contributed by atoms with Crippen molar-refractivity contribution >= 4 is 15.9 Å². The molecule has 1 amide bonds. The molecule has 1 atom stereocenters. The van der Waals surface area contributed by atoms with Crippen LogP contribution in [0, 0.1) is 19.3 Å². The molecular weight excluding hydrogens is 482 g/mol. The first kappa shape index (κ1) is 27.3. The lowest BCUT2D eigenvalue weighted by molar-refractivity contribution is -0.143. The van der Waals surface area contributed by atoms with Crippen LogP contribution in [0.25, 0.3) is 0 Å². The standard InChI is InChI=1S/C26H41N3O6S/c1-19-11-22(33-6)12-20(2)24(19)36(31,32)29-16-25(3,4)35-14-21(29)13-34-15-23(30)28-9-7-26(8-10-28)17-27(5)18-26/h11-12,21H,7-10,13-18H2,1-6H3/t21-/m1/s1. The third kappa shape index (κ3) is 5.57. The van der Waals surface area contributed by atoms with Crippen LogP contribution in [0.2, 0.25) is 0 Å². The minimum absolute atomic E-state index is 0.0363. The number of benzene rings is 1. The van der Waals surface area contributed by atoms with Crippen LogP contribution in [0.3, 0.4) is 0 Å². The minimum atomic E-state index is -3.84. The summed E-state index contributed by atoms with van der Waals surface area (Å²) in [6.45, 7) is 11.5. The molecule has 0 bridgehead atoms. The normalized spacial score (nSPS) is 24.5. The molecule has 202 valence electrons. The Balaban J connectivity index is 1.41. The summed E-state index contributed by atoms with van der Waals surface area (Å²) in [6, 6.07) is 2.95. The molecule has 36 heavy (non-hydrogen) atoms. The smallest absolute Gasteiger partial charge is 0.248 e. The Kier molecular flexibility index (Phi) is 7.75. The van der Waals surface area contributed by atoms with Gasteiger partial charge in [-0.2, -0.15) is 4.31 Å². The first-order valence-corrected chi connectivity index (χ1v) is 14.1. The average molecular weight is 524 g/mol. The maximum Gasteiger partial charge on any atom is 0.248 e. The van der Waals surface area contributed by atoms with Gasteiger partial charge in [-0.05, 0) is 76.3 Å². The summed E-state index contributed by atoms with van der Waals surface area (Å²) >= 11 is 0. The third-order valence-electron chi connectivity index (χ3n) is 7.77. The van der Waals surface area contributed by atoms with E-state index in [1.54, 1.807) is 33.1 Å². The zero-order valence-electron chi connectivity index (χ0n) is 22.5. The first-order valence-electron chi connectivity index (χ1n) is 12.7. The lowest BCUT2D eigenvalue weighted by Crippen LogP contribution is -2.59. The van der Waals surface area contributed by atoms with Crippen LogP contribution in [0.1, 0.15) is 37.8 Å². The number of piperidine rings is 1. The molecule has 3 aliphatic heterocycles. The monoisotopic (exact) mass is 523 g/mol. The number of morpholine rings is 1. The molecule has 0 aliphatic carbocycles. The van der Waals surface area contributed by atoms with Crippen molar-refractivity contribution in [3.63, 3.8) is 0 Å². The van der Waals surface area contributed by atoms with Crippen molar-refractivity contribution in [3.8, 4) is 5.75 Å². The predicted octanol–water partition coefficient (Wildman–Crippen LogP) is 2.05. The molecule has 0 aromatic heterocycles. The maximum atomic E-state index is 13.9.